The average Bonchev–Trinajstić information content (AvgIpc) is 3.15. The van der Waals surface area contributed by atoms with Crippen LogP contribution in [0.5, 0.6) is 0 Å². The van der Waals surface area contributed by atoms with E-state index in [9.17, 15) is 18.0 Å². The van der Waals surface area contributed by atoms with Crippen LogP contribution in [-0.2, 0) is 17.9 Å². The summed E-state index contributed by atoms with van der Waals surface area (Å²) < 4.78 is 40.5. The second-order valence-corrected chi connectivity index (χ2v) is 7.93. The van der Waals surface area contributed by atoms with E-state index >= 15 is 0 Å². The van der Waals surface area contributed by atoms with Crippen molar-refractivity contribution in [3.63, 3.8) is 0 Å². The first-order valence-corrected chi connectivity index (χ1v) is 9.84. The molecule has 2 heterocycles. The van der Waals surface area contributed by atoms with E-state index in [2.05, 4.69) is 22.3 Å². The predicted octanol–water partition coefficient (Wildman–Crippen LogP) is 3.20. The fourth-order valence-corrected chi connectivity index (χ4v) is 4.09. The van der Waals surface area contributed by atoms with Crippen LogP contribution < -0.4 is 4.90 Å². The highest BCUT2D eigenvalue weighted by Gasteiger charge is 2.40. The van der Waals surface area contributed by atoms with E-state index in [1.54, 1.807) is 9.47 Å². The number of hydrogen-bond donors (Lipinski definition) is 0. The van der Waals surface area contributed by atoms with Gasteiger partial charge in [0.1, 0.15) is 6.54 Å². The summed E-state index contributed by atoms with van der Waals surface area (Å²) in [5, 5.41) is 8.20. The third-order valence-corrected chi connectivity index (χ3v) is 5.64. The normalized spacial score (nSPS) is 21.7. The maximum absolute atomic E-state index is 12.9. The van der Waals surface area contributed by atoms with E-state index in [1.165, 1.54) is 12.6 Å². The zero-order chi connectivity index (χ0) is 20.6. The number of amides is 1. The minimum Gasteiger partial charge on any atom is -0.335 e. The minimum absolute atomic E-state index is 0.0540. The molecule has 1 saturated heterocycles. The highest BCUT2D eigenvalue weighted by molar-refractivity contribution is 5.77. The van der Waals surface area contributed by atoms with Gasteiger partial charge in [-0.3, -0.25) is 9.36 Å². The van der Waals surface area contributed by atoms with Crippen molar-refractivity contribution in [2.75, 3.05) is 25.0 Å². The largest absolute Gasteiger partial charge is 0.406 e. The van der Waals surface area contributed by atoms with Gasteiger partial charge in [-0.25, -0.2) is 0 Å². The molecule has 0 bridgehead atoms. The average molecular weight is 407 g/mol. The fourth-order valence-electron chi connectivity index (χ4n) is 4.09. The van der Waals surface area contributed by atoms with Gasteiger partial charge in [-0.1, -0.05) is 30.3 Å². The van der Waals surface area contributed by atoms with Gasteiger partial charge >= 0.3 is 6.18 Å². The van der Waals surface area contributed by atoms with Crippen LogP contribution >= 0.6 is 0 Å². The Bertz CT molecular complexity index is 867. The standard InChI is InChI=1S/C20H24F3N5O/c1-26(13-20(21,22)23)19-25-24-17(12-27-9-5-8-18(27)29)28(19)11-15-10-16(15)14-6-3-2-4-7-14/h2-4,6-7,15-16H,5,8-13H2,1H3/t15-,16-/m0/s1. The summed E-state index contributed by atoms with van der Waals surface area (Å²) in [6.07, 6.45) is -2.05. The molecule has 1 aromatic heterocycles. The molecule has 0 spiro atoms. The summed E-state index contributed by atoms with van der Waals surface area (Å²) in [5.74, 6) is 1.50. The Balaban J connectivity index is 1.55. The van der Waals surface area contributed by atoms with Crippen molar-refractivity contribution in [3.8, 4) is 0 Å². The van der Waals surface area contributed by atoms with Gasteiger partial charge in [-0.05, 0) is 30.2 Å². The summed E-state index contributed by atoms with van der Waals surface area (Å²) in [7, 11) is 1.38. The minimum atomic E-state index is -4.33. The van der Waals surface area contributed by atoms with Gasteiger partial charge in [0.25, 0.3) is 0 Å². The van der Waals surface area contributed by atoms with Crippen molar-refractivity contribution in [2.45, 2.75) is 44.4 Å². The van der Waals surface area contributed by atoms with Crippen LogP contribution in [0.3, 0.4) is 0 Å². The Kier molecular flexibility index (Phi) is 5.23. The summed E-state index contributed by atoms with van der Waals surface area (Å²) in [5.41, 5.74) is 1.24. The van der Waals surface area contributed by atoms with E-state index in [1.807, 2.05) is 18.2 Å². The lowest BCUT2D eigenvalue weighted by Crippen LogP contribution is -2.33. The molecule has 1 saturated carbocycles. The lowest BCUT2D eigenvalue weighted by Gasteiger charge is -2.22. The monoisotopic (exact) mass is 407 g/mol. The maximum Gasteiger partial charge on any atom is 0.406 e. The van der Waals surface area contributed by atoms with E-state index in [-0.39, 0.29) is 18.4 Å². The number of alkyl halides is 3. The predicted molar refractivity (Wildman–Crippen MR) is 101 cm³/mol. The Labute approximate surface area is 167 Å². The molecular formula is C20H24F3N5O. The molecular weight excluding hydrogens is 383 g/mol. The third-order valence-electron chi connectivity index (χ3n) is 5.64. The van der Waals surface area contributed by atoms with Crippen molar-refractivity contribution in [3.05, 3.63) is 41.7 Å². The quantitative estimate of drug-likeness (QED) is 0.707. The third kappa shape index (κ3) is 4.54. The van der Waals surface area contributed by atoms with Crippen LogP contribution in [-0.4, -0.2) is 51.9 Å². The zero-order valence-electron chi connectivity index (χ0n) is 16.3. The van der Waals surface area contributed by atoms with Gasteiger partial charge in [-0.2, -0.15) is 13.2 Å². The molecule has 4 rings (SSSR count). The van der Waals surface area contributed by atoms with Crippen molar-refractivity contribution < 1.29 is 18.0 Å². The number of likely N-dealkylation sites (tertiary alicyclic amines) is 1. The molecule has 1 aliphatic heterocycles. The first-order chi connectivity index (χ1) is 13.8. The van der Waals surface area contributed by atoms with Crippen molar-refractivity contribution >= 4 is 11.9 Å². The number of nitrogens with zero attached hydrogens (tertiary/aromatic N) is 5. The number of carbonyl (C=O) groups is 1. The molecule has 0 N–H and O–H groups in total. The molecule has 0 unspecified atom stereocenters. The Morgan fingerprint density at radius 2 is 1.97 bits per heavy atom. The van der Waals surface area contributed by atoms with Crippen LogP contribution in [0.2, 0.25) is 0 Å². The Morgan fingerprint density at radius 1 is 1.21 bits per heavy atom. The zero-order valence-corrected chi connectivity index (χ0v) is 16.3. The van der Waals surface area contributed by atoms with Crippen LogP contribution in [0.25, 0.3) is 0 Å². The smallest absolute Gasteiger partial charge is 0.335 e. The summed E-state index contributed by atoms with van der Waals surface area (Å²) in [4.78, 5) is 14.8. The fraction of sp³-hybridized carbons (Fsp3) is 0.550. The molecule has 1 amide bonds. The number of hydrogen-bond acceptors (Lipinski definition) is 4. The van der Waals surface area contributed by atoms with Crippen LogP contribution in [0, 0.1) is 5.92 Å². The molecule has 2 aliphatic rings. The van der Waals surface area contributed by atoms with E-state index in [0.717, 1.165) is 17.7 Å². The lowest BCUT2D eigenvalue weighted by molar-refractivity contribution is -0.128. The molecule has 2 fully saturated rings. The molecule has 9 heteroatoms. The number of benzene rings is 1. The molecule has 1 aromatic carbocycles. The molecule has 2 atom stereocenters. The van der Waals surface area contributed by atoms with Gasteiger partial charge in [0, 0.05) is 26.6 Å². The highest BCUT2D eigenvalue weighted by atomic mass is 19.4. The maximum atomic E-state index is 12.9. The topological polar surface area (TPSA) is 54.3 Å². The van der Waals surface area contributed by atoms with Crippen molar-refractivity contribution in [1.82, 2.24) is 19.7 Å². The second kappa shape index (κ2) is 7.68. The van der Waals surface area contributed by atoms with Crippen molar-refractivity contribution in [2.24, 2.45) is 5.92 Å². The number of halogens is 3. The van der Waals surface area contributed by atoms with Crippen LogP contribution in [0.15, 0.2) is 30.3 Å². The molecule has 156 valence electrons. The van der Waals surface area contributed by atoms with E-state index < -0.39 is 12.7 Å². The van der Waals surface area contributed by atoms with Crippen LogP contribution in [0.4, 0.5) is 19.1 Å². The van der Waals surface area contributed by atoms with Gasteiger partial charge in [0.05, 0.1) is 6.54 Å². The number of aromatic nitrogens is 3. The lowest BCUT2D eigenvalue weighted by atomic mass is 10.1. The highest BCUT2D eigenvalue weighted by Crippen LogP contribution is 2.48. The SMILES string of the molecule is CN(CC(F)(F)F)c1nnc(CN2CCCC2=O)n1C[C@@H]1C[C@H]1c1ccccc1. The number of carbonyl (C=O) groups excluding carboxylic acids is 1. The molecule has 1 aliphatic carbocycles. The molecule has 29 heavy (non-hydrogen) atoms. The first-order valence-electron chi connectivity index (χ1n) is 9.84. The molecule has 0 radical (unpaired) electrons. The van der Waals surface area contributed by atoms with E-state index in [4.69, 9.17) is 0 Å². The van der Waals surface area contributed by atoms with Gasteiger partial charge < -0.3 is 9.80 Å². The number of rotatable bonds is 7. The summed E-state index contributed by atoms with van der Waals surface area (Å²) in [6, 6.07) is 10.1. The Morgan fingerprint density at radius 3 is 2.62 bits per heavy atom. The van der Waals surface area contributed by atoms with Gasteiger partial charge in [-0.15, -0.1) is 10.2 Å². The second-order valence-electron chi connectivity index (χ2n) is 7.93. The Hall–Kier alpha value is -2.58. The number of anilines is 1. The van der Waals surface area contributed by atoms with Crippen LogP contribution in [0.1, 0.15) is 36.6 Å². The molecule has 2 aromatic rings. The van der Waals surface area contributed by atoms with Gasteiger partial charge in [0.2, 0.25) is 11.9 Å². The first kappa shape index (κ1) is 19.7. The van der Waals surface area contributed by atoms with Gasteiger partial charge in [0.15, 0.2) is 5.82 Å². The van der Waals surface area contributed by atoms with E-state index in [0.29, 0.717) is 37.2 Å². The summed E-state index contributed by atoms with van der Waals surface area (Å²) in [6.45, 7) is 0.381. The van der Waals surface area contributed by atoms with Crippen molar-refractivity contribution in [1.29, 1.82) is 0 Å². The molecule has 6 nitrogen and oxygen atoms in total. The summed E-state index contributed by atoms with van der Waals surface area (Å²) >= 11 is 0.